The van der Waals surface area contributed by atoms with Crippen LogP contribution in [0.3, 0.4) is 0 Å². The Morgan fingerprint density at radius 1 is 1.00 bits per heavy atom. The van der Waals surface area contributed by atoms with E-state index < -0.39 is 0 Å². The molecule has 1 aliphatic carbocycles. The van der Waals surface area contributed by atoms with E-state index in [1.54, 1.807) is 12.1 Å². The molecular weight excluding hydrogens is 409 g/mol. The third kappa shape index (κ3) is 8.02. The smallest absolute Gasteiger partial charge is 0.317 e. The topological polar surface area (TPSA) is 61.9 Å². The number of amides is 2. The normalized spacial score (nSPS) is 16.0. The molecule has 3 rings (SSSR count). The summed E-state index contributed by atoms with van der Waals surface area (Å²) in [5.41, 5.74) is 2.07. The van der Waals surface area contributed by atoms with Gasteiger partial charge in [0, 0.05) is 46.3 Å². The van der Waals surface area contributed by atoms with Crippen molar-refractivity contribution in [3.8, 4) is 0 Å². The minimum atomic E-state index is -0.239. The van der Waals surface area contributed by atoms with E-state index in [0.29, 0.717) is 32.7 Å². The molecule has 0 saturated carbocycles. The number of halogens is 1. The van der Waals surface area contributed by atoms with Crippen LogP contribution in [0.25, 0.3) is 0 Å². The van der Waals surface area contributed by atoms with Gasteiger partial charge in [0.1, 0.15) is 12.4 Å². The van der Waals surface area contributed by atoms with E-state index >= 15 is 0 Å². The second kappa shape index (κ2) is 12.9. The van der Waals surface area contributed by atoms with E-state index in [4.69, 9.17) is 4.74 Å². The Bertz CT molecular complexity index is 806. The summed E-state index contributed by atoms with van der Waals surface area (Å²) in [7, 11) is 0. The van der Waals surface area contributed by atoms with Gasteiger partial charge in [-0.15, -0.1) is 0 Å². The quantitative estimate of drug-likeness (QED) is 0.420. The summed E-state index contributed by atoms with van der Waals surface area (Å²) in [6.07, 6.45) is 12.4. The summed E-state index contributed by atoms with van der Waals surface area (Å²) >= 11 is 0. The van der Waals surface area contributed by atoms with Crippen LogP contribution in [0.1, 0.15) is 46.4 Å². The molecule has 0 radical (unpaired) electrons. The maximum absolute atomic E-state index is 13.1. The Kier molecular flexibility index (Phi) is 9.60. The van der Waals surface area contributed by atoms with Gasteiger partial charge < -0.3 is 19.9 Å². The number of nitrogens with zero attached hydrogens (tertiary/aromatic N) is 2. The lowest BCUT2D eigenvalue weighted by atomic mass is 10.1. The largest absolute Gasteiger partial charge is 0.461 e. The van der Waals surface area contributed by atoms with Crippen LogP contribution in [0, 0.1) is 5.82 Å². The fraction of sp³-hybridized carbons (Fsp3) is 0.520. The Labute approximate surface area is 191 Å². The highest BCUT2D eigenvalue weighted by atomic mass is 19.1. The Hall–Kier alpha value is -2.83. The van der Waals surface area contributed by atoms with Crippen molar-refractivity contribution in [2.45, 2.75) is 44.9 Å². The number of carbonyl (C=O) groups is 2. The average molecular weight is 446 g/mol. The second-order valence-corrected chi connectivity index (χ2v) is 8.27. The molecule has 2 aliphatic rings. The number of carbonyl (C=O) groups excluding carboxylic acids is 2. The van der Waals surface area contributed by atoms with Gasteiger partial charge in [-0.05, 0) is 55.5 Å². The van der Waals surface area contributed by atoms with Crippen LogP contribution in [0.2, 0.25) is 0 Å². The molecule has 176 valence electrons. The third-order valence-electron chi connectivity index (χ3n) is 5.81. The summed E-state index contributed by atoms with van der Waals surface area (Å²) in [5.74, 6) is -0.380. The van der Waals surface area contributed by atoms with Gasteiger partial charge in [0.25, 0.3) is 0 Å². The second-order valence-electron chi connectivity index (χ2n) is 8.27. The average Bonchev–Trinajstić information content (AvgIpc) is 2.83. The van der Waals surface area contributed by atoms with Gasteiger partial charge in [0.15, 0.2) is 0 Å². The molecule has 1 heterocycles. The molecule has 1 fully saturated rings. The van der Waals surface area contributed by atoms with E-state index in [2.05, 4.69) is 22.4 Å². The van der Waals surface area contributed by atoms with Crippen LogP contribution in [0.4, 0.5) is 14.9 Å². The summed E-state index contributed by atoms with van der Waals surface area (Å²) in [5, 5.41) is 2.99. The number of allylic oxidation sites excluding steroid dienone is 2. The van der Waals surface area contributed by atoms with E-state index in [9.17, 15) is 14.0 Å². The van der Waals surface area contributed by atoms with Crippen molar-refractivity contribution in [1.29, 1.82) is 0 Å². The number of nitrogens with one attached hydrogen (secondary N) is 1. The first-order chi connectivity index (χ1) is 15.6. The van der Waals surface area contributed by atoms with Crippen molar-refractivity contribution in [3.63, 3.8) is 0 Å². The number of esters is 1. The highest BCUT2D eigenvalue weighted by molar-refractivity contribution is 5.74. The molecular formula is C25H36FN3O3. The predicted octanol–water partition coefficient (Wildman–Crippen LogP) is 4.67. The fourth-order valence-electron chi connectivity index (χ4n) is 3.89. The molecule has 7 heteroatoms. The standard InChI is InChI=1S/C25H34FN3O3.H2/c26-22-11-13-23(14-12-22)28-16-18-29(19-17-28)25(31)27-15-7-2-1-6-10-24(30)32-20-21-8-4-3-5-9-21;/h4,8-9,11-14H,1-3,5-7,10,15-20H2,(H,27,31);1H. The highest BCUT2D eigenvalue weighted by Crippen LogP contribution is 2.17. The SMILES string of the molecule is O=C(CCCCCCNC(=O)N1CCN(c2ccc(F)cc2)CC1)OCC1=CCCC=C1.[HH]. The maximum Gasteiger partial charge on any atom is 0.317 e. The van der Waals surface area contributed by atoms with Crippen molar-refractivity contribution in [1.82, 2.24) is 10.2 Å². The monoisotopic (exact) mass is 445 g/mol. The number of ether oxygens (including phenoxy) is 1. The molecule has 0 bridgehead atoms. The van der Waals surface area contributed by atoms with Crippen LogP contribution >= 0.6 is 0 Å². The first kappa shape index (κ1) is 23.8. The molecule has 0 atom stereocenters. The van der Waals surface area contributed by atoms with Crippen LogP contribution in [0.5, 0.6) is 0 Å². The van der Waals surface area contributed by atoms with Gasteiger partial charge in [0.2, 0.25) is 0 Å². The zero-order valence-corrected chi connectivity index (χ0v) is 18.7. The van der Waals surface area contributed by atoms with E-state index in [-0.39, 0.29) is 19.2 Å². The first-order valence-corrected chi connectivity index (χ1v) is 11.7. The van der Waals surface area contributed by atoms with Gasteiger partial charge in [-0.25, -0.2) is 9.18 Å². The van der Waals surface area contributed by atoms with Crippen LogP contribution in [0.15, 0.2) is 48.1 Å². The molecule has 32 heavy (non-hydrogen) atoms. The van der Waals surface area contributed by atoms with Crippen molar-refractivity contribution >= 4 is 17.7 Å². The van der Waals surface area contributed by atoms with Gasteiger partial charge in [0.05, 0.1) is 0 Å². The molecule has 1 saturated heterocycles. The van der Waals surface area contributed by atoms with Crippen LogP contribution < -0.4 is 10.2 Å². The number of hydrogen-bond acceptors (Lipinski definition) is 4. The van der Waals surface area contributed by atoms with E-state index in [1.807, 2.05) is 11.0 Å². The van der Waals surface area contributed by atoms with Gasteiger partial charge in [-0.3, -0.25) is 4.79 Å². The summed E-state index contributed by atoms with van der Waals surface area (Å²) in [4.78, 5) is 28.1. The number of piperazine rings is 1. The number of hydrogen-bond donors (Lipinski definition) is 1. The maximum atomic E-state index is 13.1. The van der Waals surface area contributed by atoms with Crippen molar-refractivity contribution in [3.05, 3.63) is 53.9 Å². The van der Waals surface area contributed by atoms with Crippen molar-refractivity contribution in [2.24, 2.45) is 0 Å². The third-order valence-corrected chi connectivity index (χ3v) is 5.81. The molecule has 6 nitrogen and oxygen atoms in total. The molecule has 1 aromatic carbocycles. The van der Waals surface area contributed by atoms with Crippen molar-refractivity contribution < 1.29 is 20.1 Å². The minimum absolute atomic E-state index is 0. The Morgan fingerprint density at radius 2 is 1.75 bits per heavy atom. The number of urea groups is 1. The Morgan fingerprint density at radius 3 is 2.47 bits per heavy atom. The molecule has 1 aromatic rings. The van der Waals surface area contributed by atoms with E-state index in [1.165, 1.54) is 12.1 Å². The number of benzene rings is 1. The predicted molar refractivity (Wildman–Crippen MR) is 126 cm³/mol. The molecule has 0 spiro atoms. The fourth-order valence-corrected chi connectivity index (χ4v) is 3.89. The number of unbranched alkanes of at least 4 members (excludes halogenated alkanes) is 3. The summed E-state index contributed by atoms with van der Waals surface area (Å²) in [6.45, 7) is 3.79. The minimum Gasteiger partial charge on any atom is -0.461 e. The number of anilines is 1. The van der Waals surface area contributed by atoms with E-state index in [0.717, 1.165) is 62.9 Å². The first-order valence-electron chi connectivity index (χ1n) is 11.7. The Balaban J connectivity index is 0.00000385. The molecule has 1 aliphatic heterocycles. The van der Waals surface area contributed by atoms with Gasteiger partial charge in [-0.2, -0.15) is 0 Å². The highest BCUT2D eigenvalue weighted by Gasteiger charge is 2.20. The van der Waals surface area contributed by atoms with Crippen LogP contribution in [-0.2, 0) is 9.53 Å². The molecule has 1 N–H and O–H groups in total. The lowest BCUT2D eigenvalue weighted by molar-refractivity contribution is -0.142. The lowest BCUT2D eigenvalue weighted by Crippen LogP contribution is -2.52. The summed E-state index contributed by atoms with van der Waals surface area (Å²) in [6, 6.07) is 6.44. The molecule has 0 unspecified atom stereocenters. The number of rotatable bonds is 10. The zero-order chi connectivity index (χ0) is 22.6. The van der Waals surface area contributed by atoms with Gasteiger partial charge >= 0.3 is 12.0 Å². The zero-order valence-electron chi connectivity index (χ0n) is 18.7. The van der Waals surface area contributed by atoms with Crippen LogP contribution in [-0.4, -0.2) is 56.2 Å². The summed E-state index contributed by atoms with van der Waals surface area (Å²) < 4.78 is 18.4. The lowest BCUT2D eigenvalue weighted by Gasteiger charge is -2.36. The van der Waals surface area contributed by atoms with Gasteiger partial charge in [-0.1, -0.05) is 31.1 Å². The van der Waals surface area contributed by atoms with Crippen molar-refractivity contribution in [2.75, 3.05) is 44.2 Å². The molecule has 2 amide bonds. The molecule has 0 aromatic heterocycles.